The first-order valence-electron chi connectivity index (χ1n) is 8.11. The van der Waals surface area contributed by atoms with Gasteiger partial charge >= 0.3 is 0 Å². The van der Waals surface area contributed by atoms with E-state index in [0.29, 0.717) is 9.36 Å². The highest BCUT2D eigenvalue weighted by molar-refractivity contribution is 8.03. The lowest BCUT2D eigenvalue weighted by molar-refractivity contribution is -0.118. The van der Waals surface area contributed by atoms with Crippen molar-refractivity contribution in [1.82, 2.24) is 15.6 Å². The molecule has 2 aromatic carbocycles. The van der Waals surface area contributed by atoms with Gasteiger partial charge in [0.05, 0.1) is 17.0 Å². The molecule has 0 bridgehead atoms. The number of amides is 1. The molecule has 3 aromatic rings. The van der Waals surface area contributed by atoms with Crippen LogP contribution in [0.5, 0.6) is 0 Å². The molecule has 0 aliphatic rings. The molecular weight excluding hydrogens is 474 g/mol. The van der Waals surface area contributed by atoms with Crippen molar-refractivity contribution in [3.05, 3.63) is 69.5 Å². The van der Waals surface area contributed by atoms with Crippen LogP contribution >= 0.6 is 58.1 Å². The van der Waals surface area contributed by atoms with Crippen LogP contribution in [0.25, 0.3) is 0 Å². The summed E-state index contributed by atoms with van der Waals surface area (Å²) in [6.45, 7) is 0. The van der Waals surface area contributed by atoms with E-state index >= 15 is 0 Å². The summed E-state index contributed by atoms with van der Waals surface area (Å²) in [5.74, 6) is 0.00923. The molecule has 3 rings (SSSR count). The van der Waals surface area contributed by atoms with Gasteiger partial charge in [-0.25, -0.2) is 9.82 Å². The summed E-state index contributed by atoms with van der Waals surface area (Å²) in [5, 5.41) is 12.8. The molecule has 0 saturated heterocycles. The summed E-state index contributed by atoms with van der Waals surface area (Å²) in [4.78, 5) is 11.9. The fraction of sp³-hybridized carbons (Fsp3) is 0.111. The van der Waals surface area contributed by atoms with Gasteiger partial charge in [0.25, 0.3) is 5.91 Å². The molecule has 0 unspecified atom stereocenters. The lowest BCUT2D eigenvalue weighted by atomic mass is 10.2. The number of carbonyl (C=O) groups is 1. The Morgan fingerprint density at radius 2 is 1.86 bits per heavy atom. The van der Waals surface area contributed by atoms with Crippen LogP contribution < -0.4 is 5.43 Å². The molecule has 0 saturated carbocycles. The number of hydrogen-bond donors (Lipinski definition) is 1. The molecule has 1 heterocycles. The molecule has 1 amide bonds. The van der Waals surface area contributed by atoms with Gasteiger partial charge in [-0.2, -0.15) is 5.10 Å². The second-order valence-corrected chi connectivity index (χ2v) is 9.73. The number of hydrogen-bond acceptors (Lipinski definition) is 7. The van der Waals surface area contributed by atoms with Crippen molar-refractivity contribution in [3.8, 4) is 0 Å². The maximum Gasteiger partial charge on any atom is 0.250 e. The van der Waals surface area contributed by atoms with E-state index in [1.54, 1.807) is 17.8 Å². The molecule has 150 valence electrons. The van der Waals surface area contributed by atoms with E-state index in [2.05, 4.69) is 20.7 Å². The number of nitrogens with one attached hydrogen (secondary N) is 1. The number of thioether (sulfide) groups is 2. The molecule has 0 aliphatic heterocycles. The average Bonchev–Trinajstić information content (AvgIpc) is 3.16. The van der Waals surface area contributed by atoms with Crippen molar-refractivity contribution in [3.63, 3.8) is 0 Å². The Balaban J connectivity index is 1.43. The van der Waals surface area contributed by atoms with Gasteiger partial charge in [-0.3, -0.25) is 4.79 Å². The molecule has 29 heavy (non-hydrogen) atoms. The summed E-state index contributed by atoms with van der Waals surface area (Å²) < 4.78 is 15.1. The topological polar surface area (TPSA) is 67.2 Å². The van der Waals surface area contributed by atoms with E-state index in [1.807, 2.05) is 24.3 Å². The summed E-state index contributed by atoms with van der Waals surface area (Å²) in [7, 11) is 0. The minimum Gasteiger partial charge on any atom is -0.272 e. The van der Waals surface area contributed by atoms with Crippen LogP contribution in [-0.2, 0) is 10.5 Å². The van der Waals surface area contributed by atoms with Crippen molar-refractivity contribution < 1.29 is 9.18 Å². The number of benzene rings is 2. The molecule has 0 radical (unpaired) electrons. The van der Waals surface area contributed by atoms with Crippen LogP contribution in [0.15, 0.2) is 56.2 Å². The van der Waals surface area contributed by atoms with Crippen molar-refractivity contribution in [2.24, 2.45) is 5.10 Å². The van der Waals surface area contributed by atoms with Crippen LogP contribution in [-0.4, -0.2) is 28.1 Å². The Kier molecular flexibility index (Phi) is 8.31. The Labute approximate surface area is 189 Å². The predicted molar refractivity (Wildman–Crippen MR) is 119 cm³/mol. The highest BCUT2D eigenvalue weighted by atomic mass is 35.5. The standard InChI is InChI=1S/C18H13Cl2FN4OS3/c19-12-6-4-11(5-7-12)9-27-17-24-25-18(29-17)28-10-16(26)23-22-8-13-14(20)2-1-3-15(13)21/h1-8H,9-10H2,(H,23,26)/b22-8+. The van der Waals surface area contributed by atoms with Crippen LogP contribution in [0, 0.1) is 5.82 Å². The Morgan fingerprint density at radius 1 is 1.14 bits per heavy atom. The first kappa shape index (κ1) is 22.0. The summed E-state index contributed by atoms with van der Waals surface area (Å²) in [6, 6.07) is 11.9. The number of aromatic nitrogens is 2. The highest BCUT2D eigenvalue weighted by Crippen LogP contribution is 2.30. The number of hydrazone groups is 1. The maximum atomic E-state index is 13.6. The molecule has 1 N–H and O–H groups in total. The van der Waals surface area contributed by atoms with E-state index in [-0.39, 0.29) is 22.2 Å². The molecule has 5 nitrogen and oxygen atoms in total. The van der Waals surface area contributed by atoms with Crippen LogP contribution in [0.2, 0.25) is 10.0 Å². The Morgan fingerprint density at radius 3 is 2.59 bits per heavy atom. The third-order valence-corrected chi connectivity index (χ3v) is 7.22. The third kappa shape index (κ3) is 6.97. The van der Waals surface area contributed by atoms with Gasteiger partial charge in [0.2, 0.25) is 0 Å². The second kappa shape index (κ2) is 10.9. The largest absolute Gasteiger partial charge is 0.272 e. The van der Waals surface area contributed by atoms with E-state index in [1.165, 1.54) is 41.4 Å². The van der Waals surface area contributed by atoms with Crippen LogP contribution in [0.1, 0.15) is 11.1 Å². The smallest absolute Gasteiger partial charge is 0.250 e. The van der Waals surface area contributed by atoms with E-state index in [4.69, 9.17) is 23.2 Å². The number of carbonyl (C=O) groups excluding carboxylic acids is 1. The zero-order chi connectivity index (χ0) is 20.6. The summed E-state index contributed by atoms with van der Waals surface area (Å²) in [6.07, 6.45) is 1.18. The van der Waals surface area contributed by atoms with Crippen molar-refractivity contribution in [2.75, 3.05) is 5.75 Å². The molecule has 0 aliphatic carbocycles. The zero-order valence-electron chi connectivity index (χ0n) is 14.6. The molecular formula is C18H13Cl2FN4OS3. The lowest BCUT2D eigenvalue weighted by Gasteiger charge is -2.00. The summed E-state index contributed by atoms with van der Waals surface area (Å²) in [5.41, 5.74) is 3.59. The fourth-order valence-corrected chi connectivity index (χ4v) is 5.11. The van der Waals surface area contributed by atoms with Gasteiger partial charge in [-0.05, 0) is 29.8 Å². The van der Waals surface area contributed by atoms with Crippen molar-refractivity contribution in [1.29, 1.82) is 0 Å². The lowest BCUT2D eigenvalue weighted by Crippen LogP contribution is -2.19. The molecule has 1 aromatic heterocycles. The van der Waals surface area contributed by atoms with Gasteiger partial charge < -0.3 is 0 Å². The Bertz CT molecular complexity index is 994. The Hall–Kier alpha value is -1.65. The molecule has 0 atom stereocenters. The van der Waals surface area contributed by atoms with Gasteiger partial charge in [-0.15, -0.1) is 10.2 Å². The molecule has 11 heteroatoms. The zero-order valence-corrected chi connectivity index (χ0v) is 18.6. The van der Waals surface area contributed by atoms with Crippen molar-refractivity contribution >= 4 is 70.2 Å². The van der Waals surface area contributed by atoms with Crippen molar-refractivity contribution in [2.45, 2.75) is 14.4 Å². The van der Waals surface area contributed by atoms with Gasteiger partial charge in [-0.1, -0.05) is 76.3 Å². The van der Waals surface area contributed by atoms with Gasteiger partial charge in [0.15, 0.2) is 8.68 Å². The predicted octanol–water partition coefficient (Wildman–Crippen LogP) is 5.52. The highest BCUT2D eigenvalue weighted by Gasteiger charge is 2.09. The number of halogens is 3. The van der Waals surface area contributed by atoms with E-state index in [0.717, 1.165) is 15.7 Å². The maximum absolute atomic E-state index is 13.6. The number of nitrogens with zero attached hydrogens (tertiary/aromatic N) is 3. The molecule has 0 fully saturated rings. The van der Waals surface area contributed by atoms with Gasteiger partial charge in [0.1, 0.15) is 5.82 Å². The SMILES string of the molecule is O=C(CSc1nnc(SCc2ccc(Cl)cc2)s1)N/N=C/c1c(F)cccc1Cl. The first-order chi connectivity index (χ1) is 14.0. The van der Waals surface area contributed by atoms with E-state index in [9.17, 15) is 9.18 Å². The minimum absolute atomic E-state index is 0.110. The first-order valence-corrected chi connectivity index (χ1v) is 11.6. The fourth-order valence-electron chi connectivity index (χ4n) is 2.00. The monoisotopic (exact) mass is 486 g/mol. The van der Waals surface area contributed by atoms with E-state index < -0.39 is 5.82 Å². The second-order valence-electron chi connectivity index (χ2n) is 5.47. The minimum atomic E-state index is -0.512. The van der Waals surface area contributed by atoms with Crippen LogP contribution in [0.3, 0.4) is 0 Å². The van der Waals surface area contributed by atoms with Gasteiger partial charge in [0, 0.05) is 16.3 Å². The normalized spacial score (nSPS) is 11.1. The summed E-state index contributed by atoms with van der Waals surface area (Å²) >= 11 is 16.0. The van der Waals surface area contributed by atoms with Crippen LogP contribution in [0.4, 0.5) is 4.39 Å². The molecule has 0 spiro atoms. The number of rotatable bonds is 8. The third-order valence-electron chi connectivity index (χ3n) is 3.37. The average molecular weight is 487 g/mol. The quantitative estimate of drug-likeness (QED) is 0.258.